The smallest absolute Gasteiger partial charge is 0.144 e. The van der Waals surface area contributed by atoms with E-state index >= 15 is 0 Å². The second-order valence-corrected chi connectivity index (χ2v) is 37.9. The lowest BCUT2D eigenvalue weighted by atomic mass is 9.62. The van der Waals surface area contributed by atoms with E-state index in [1.165, 1.54) is 276 Å². The summed E-state index contributed by atoms with van der Waals surface area (Å²) < 4.78 is 17.3. The third-order valence-corrected chi connectivity index (χ3v) is 31.3. The summed E-state index contributed by atoms with van der Waals surface area (Å²) in [6, 6.07) is 119. The predicted octanol–water partition coefficient (Wildman–Crippen LogP) is 34.7. The molecule has 15 aromatic carbocycles. The van der Waals surface area contributed by atoms with Gasteiger partial charge in [0, 0.05) is 71.5 Å². The minimum absolute atomic E-state index is 0.201. The van der Waals surface area contributed by atoms with Gasteiger partial charge in [-0.25, -0.2) is 0 Å². The van der Waals surface area contributed by atoms with Crippen molar-refractivity contribution in [1.82, 2.24) is 4.57 Å². The fourth-order valence-electron chi connectivity index (χ4n) is 26.1. The summed E-state index contributed by atoms with van der Waals surface area (Å²) in [5.74, 6) is 0. The first-order chi connectivity index (χ1) is 62.4. The number of aromatic nitrogens is 1. The molecule has 3 aromatic heterocycles. The molecule has 0 atom stereocenters. The zero-order valence-corrected chi connectivity index (χ0v) is 73.5. The van der Waals surface area contributed by atoms with E-state index in [1.54, 1.807) is 16.7 Å². The molecule has 24 rings (SSSR count). The normalized spacial score (nSPS) is 14.7. The van der Waals surface area contributed by atoms with Crippen LogP contribution >= 0.6 is 0 Å². The van der Waals surface area contributed by atoms with Crippen LogP contribution in [0.1, 0.15) is 249 Å². The van der Waals surface area contributed by atoms with E-state index in [9.17, 15) is 0 Å². The molecule has 6 aliphatic rings. The topological polar surface area (TPSA) is 34.5 Å². The van der Waals surface area contributed by atoms with E-state index in [-0.39, 0.29) is 10.8 Å². The van der Waals surface area contributed by atoms with Gasteiger partial charge in [-0.2, -0.15) is 0 Å². The second-order valence-electron chi connectivity index (χ2n) is 37.9. The van der Waals surface area contributed by atoms with Crippen molar-refractivity contribution in [3.8, 4) is 72.4 Å². The summed E-state index contributed by atoms with van der Waals surface area (Å²) in [5.41, 5.74) is 41.8. The van der Waals surface area contributed by atoms with Crippen LogP contribution in [-0.4, -0.2) is 4.57 Å². The Kier molecular flexibility index (Phi) is 18.8. The Morgan fingerprint density at radius 3 is 1.24 bits per heavy atom. The van der Waals surface area contributed by atoms with Crippen LogP contribution in [0.3, 0.4) is 0 Å². The molecule has 0 unspecified atom stereocenters. The number of hydrogen-bond donors (Lipinski definition) is 0. The van der Waals surface area contributed by atoms with Gasteiger partial charge < -0.3 is 18.3 Å². The standard InChI is InChI=1S/C122H110N2O2/c1-5-9-13-17-40-70-119(71-41-18-14-10-6-2)96-54-32-28-51-89(96)113-114-92-53-31-39-61-109(92)126-118(114)115-90-66-63-81(75-102(90)120(117(115)116(113)119,72-42-19-15-11-7-3)73-43-20-16-12-8-4)123(80-64-68-107-94(74-80)88-50-29-37-59-106(88)124(107)79-44-22-21-23-45-79)82-62-65-87-93-77-105-95(78-104(93)122(103(87)76-82)99-57-35-26-48-85(99)86-49-27-36-58-100(86)122)111-101(67-69-110-112(111)91-52-30-38-60-108(91)125-110)121(105)97-55-33-24-46-83(97)84-47-25-34-56-98(84)121/h21-39,44-69,74-78H,5-20,40-43,70-73H2,1-4H3. The highest BCUT2D eigenvalue weighted by molar-refractivity contribution is 6.22. The highest BCUT2D eigenvalue weighted by atomic mass is 16.3. The van der Waals surface area contributed by atoms with Crippen molar-refractivity contribution in [3.63, 3.8) is 0 Å². The molecule has 4 nitrogen and oxygen atoms in total. The molecule has 3 heterocycles. The van der Waals surface area contributed by atoms with Crippen LogP contribution in [0.25, 0.3) is 138 Å². The SMILES string of the molecule is CCCCCCCC1(CCCCCCC)c2cc(N(c3ccc4c(c3)C3(c5ccccc5-c5ccccc53)c3cc5c(cc3-4)C3(c4ccccc4-c4ccccc43)c3ccc4oc6ccccc6c4c3-5)c3ccc4c(c3)c3ccccc3n4-c3ccccc3)ccc2-c2c1c1c(c3c2oc2ccccc23)-c2ccccc2C1(CCCCCCC)CCCCCCC. The molecule has 18 aromatic rings. The van der Waals surface area contributed by atoms with Crippen molar-refractivity contribution in [1.29, 1.82) is 0 Å². The third kappa shape index (κ3) is 11.0. The van der Waals surface area contributed by atoms with Gasteiger partial charge >= 0.3 is 0 Å². The van der Waals surface area contributed by atoms with E-state index < -0.39 is 10.8 Å². The Bertz CT molecular complexity index is 7280. The highest BCUT2D eigenvalue weighted by Crippen LogP contribution is 2.72. The van der Waals surface area contributed by atoms with Gasteiger partial charge in [0.2, 0.25) is 0 Å². The predicted molar refractivity (Wildman–Crippen MR) is 529 cm³/mol. The number of anilines is 3. The van der Waals surface area contributed by atoms with Crippen molar-refractivity contribution < 1.29 is 8.83 Å². The van der Waals surface area contributed by atoms with E-state index in [4.69, 9.17) is 8.83 Å². The molecular formula is C122H110N2O2. The number of rotatable bonds is 28. The molecule has 620 valence electrons. The molecule has 0 amide bonds. The second kappa shape index (κ2) is 30.7. The molecule has 6 aliphatic carbocycles. The zero-order chi connectivity index (χ0) is 84.0. The number of benzene rings is 15. The summed E-state index contributed by atoms with van der Waals surface area (Å²) in [6.07, 6.45) is 29.1. The Balaban J connectivity index is 0.792. The molecule has 0 aliphatic heterocycles. The van der Waals surface area contributed by atoms with Gasteiger partial charge in [-0.1, -0.05) is 368 Å². The van der Waals surface area contributed by atoms with Gasteiger partial charge in [0.15, 0.2) is 0 Å². The van der Waals surface area contributed by atoms with Gasteiger partial charge in [-0.15, -0.1) is 0 Å². The Hall–Kier alpha value is -12.5. The molecule has 126 heavy (non-hydrogen) atoms. The summed E-state index contributed by atoms with van der Waals surface area (Å²) in [7, 11) is 0. The first kappa shape index (κ1) is 77.1. The molecule has 0 saturated carbocycles. The summed E-state index contributed by atoms with van der Waals surface area (Å²) in [4.78, 5) is 2.72. The maximum atomic E-state index is 7.83. The molecule has 0 fully saturated rings. The monoisotopic (exact) mass is 1630 g/mol. The number of hydrogen-bond acceptors (Lipinski definition) is 3. The van der Waals surface area contributed by atoms with Crippen molar-refractivity contribution in [3.05, 3.63) is 370 Å². The van der Waals surface area contributed by atoms with Gasteiger partial charge in [0.05, 0.1) is 21.9 Å². The van der Waals surface area contributed by atoms with E-state index in [0.717, 1.165) is 83.3 Å². The molecule has 0 N–H and O–H groups in total. The van der Waals surface area contributed by atoms with E-state index in [1.807, 2.05) is 0 Å². The largest absolute Gasteiger partial charge is 0.456 e. The number of unbranched alkanes of at least 4 members (excludes halogenated alkanes) is 16. The summed E-state index contributed by atoms with van der Waals surface area (Å²) in [6.45, 7) is 9.53. The zero-order valence-electron chi connectivity index (χ0n) is 73.5. The van der Waals surface area contributed by atoms with E-state index in [0.29, 0.717) is 0 Å². The average Bonchev–Trinajstić information content (AvgIpc) is 1.49. The molecular weight excluding hydrogens is 1530 g/mol. The van der Waals surface area contributed by atoms with Gasteiger partial charge in [-0.05, 0) is 245 Å². The third-order valence-electron chi connectivity index (χ3n) is 31.3. The molecule has 0 bridgehead atoms. The van der Waals surface area contributed by atoms with Crippen molar-refractivity contribution in [2.24, 2.45) is 0 Å². The number of fused-ring (bicyclic) bond motifs is 39. The van der Waals surface area contributed by atoms with Crippen molar-refractivity contribution in [2.75, 3.05) is 4.90 Å². The Labute approximate surface area is 742 Å². The fraction of sp³-hybridized carbons (Fsp3) is 0.262. The van der Waals surface area contributed by atoms with Crippen LogP contribution < -0.4 is 4.90 Å². The maximum absolute atomic E-state index is 7.83. The molecule has 0 radical (unpaired) electrons. The van der Waals surface area contributed by atoms with Gasteiger partial charge in [0.1, 0.15) is 22.3 Å². The maximum Gasteiger partial charge on any atom is 0.144 e. The quantitative estimate of drug-likeness (QED) is 0.0458. The minimum atomic E-state index is -0.742. The molecule has 4 heteroatoms. The first-order valence-corrected chi connectivity index (χ1v) is 48.2. The molecule has 0 saturated heterocycles. The minimum Gasteiger partial charge on any atom is -0.456 e. The summed E-state index contributed by atoms with van der Waals surface area (Å²) >= 11 is 0. The number of nitrogens with zero attached hydrogens (tertiary/aromatic N) is 2. The molecule has 2 spiro atoms. The number of para-hydroxylation sites is 4. The van der Waals surface area contributed by atoms with Crippen LogP contribution in [-0.2, 0) is 21.7 Å². The Morgan fingerprint density at radius 1 is 0.246 bits per heavy atom. The first-order valence-electron chi connectivity index (χ1n) is 48.2. The lowest BCUT2D eigenvalue weighted by molar-refractivity contribution is 0.369. The van der Waals surface area contributed by atoms with Crippen LogP contribution in [0.5, 0.6) is 0 Å². The number of furan rings is 2. The fourth-order valence-corrected chi connectivity index (χ4v) is 26.1. The van der Waals surface area contributed by atoms with Crippen LogP contribution in [0.15, 0.2) is 312 Å². The average molecular weight is 1640 g/mol. The van der Waals surface area contributed by atoms with Crippen LogP contribution in [0, 0.1) is 0 Å². The Morgan fingerprint density at radius 2 is 0.651 bits per heavy atom. The van der Waals surface area contributed by atoms with Crippen LogP contribution in [0.4, 0.5) is 17.1 Å². The van der Waals surface area contributed by atoms with Crippen molar-refractivity contribution >= 4 is 82.7 Å². The lowest BCUT2D eigenvalue weighted by Crippen LogP contribution is -2.33. The summed E-state index contributed by atoms with van der Waals surface area (Å²) in [5, 5.41) is 7.35. The lowest BCUT2D eigenvalue weighted by Gasteiger charge is -2.40. The highest BCUT2D eigenvalue weighted by Gasteiger charge is 2.59. The van der Waals surface area contributed by atoms with Crippen molar-refractivity contribution in [2.45, 2.75) is 203 Å². The van der Waals surface area contributed by atoms with Crippen LogP contribution in [0.2, 0.25) is 0 Å². The van der Waals surface area contributed by atoms with E-state index in [2.05, 4.69) is 340 Å². The van der Waals surface area contributed by atoms with Gasteiger partial charge in [0.25, 0.3) is 0 Å². The van der Waals surface area contributed by atoms with Gasteiger partial charge in [-0.3, -0.25) is 0 Å².